The first-order valence-electron chi connectivity index (χ1n) is 9.24. The third-order valence-electron chi connectivity index (χ3n) is 5.27. The molecule has 8 heteroatoms. The van der Waals surface area contributed by atoms with Crippen LogP contribution in [0.25, 0.3) is 0 Å². The molecule has 0 radical (unpaired) electrons. The fourth-order valence-electron chi connectivity index (χ4n) is 3.74. The van der Waals surface area contributed by atoms with Gasteiger partial charge in [0.1, 0.15) is 5.69 Å². The average Bonchev–Trinajstić information content (AvgIpc) is 3.03. The largest absolute Gasteiger partial charge is 0.424 e. The van der Waals surface area contributed by atoms with Gasteiger partial charge in [0.25, 0.3) is 5.91 Å². The number of hydrogen-bond acceptors (Lipinski definition) is 6. The Morgan fingerprint density at radius 1 is 1.38 bits per heavy atom. The van der Waals surface area contributed by atoms with Crippen LogP contribution in [0.1, 0.15) is 48.1 Å². The molecule has 2 atom stereocenters. The van der Waals surface area contributed by atoms with E-state index in [0.29, 0.717) is 37.5 Å². The predicted molar refractivity (Wildman–Crippen MR) is 93.5 cm³/mol. The van der Waals surface area contributed by atoms with Crippen molar-refractivity contribution in [2.24, 2.45) is 0 Å². The Labute approximate surface area is 152 Å². The molecular weight excluding hydrogens is 334 g/mol. The minimum Gasteiger partial charge on any atom is -0.424 e. The molecule has 2 aliphatic rings. The molecule has 1 aliphatic heterocycles. The molecule has 140 valence electrons. The van der Waals surface area contributed by atoms with Gasteiger partial charge in [-0.15, -0.1) is 10.2 Å². The zero-order valence-electron chi connectivity index (χ0n) is 15.2. The number of aryl methyl sites for hydroxylation is 1. The summed E-state index contributed by atoms with van der Waals surface area (Å²) in [6.45, 7) is 5.82. The molecule has 1 saturated carbocycles. The maximum absolute atomic E-state index is 13.0. The maximum atomic E-state index is 13.0. The second-order valence-corrected chi connectivity index (χ2v) is 7.15. The first-order chi connectivity index (χ1) is 12.6. The van der Waals surface area contributed by atoms with Crippen LogP contribution in [0.3, 0.4) is 0 Å². The number of hydrogen-bond donors (Lipinski definition) is 1. The van der Waals surface area contributed by atoms with E-state index in [-0.39, 0.29) is 11.9 Å². The molecule has 4 rings (SSSR count). The molecule has 1 aliphatic carbocycles. The van der Waals surface area contributed by atoms with Gasteiger partial charge in [0, 0.05) is 32.3 Å². The van der Waals surface area contributed by atoms with Crippen LogP contribution >= 0.6 is 0 Å². The summed E-state index contributed by atoms with van der Waals surface area (Å²) in [6, 6.07) is 4.12. The summed E-state index contributed by atoms with van der Waals surface area (Å²) >= 11 is 0. The maximum Gasteiger partial charge on any atom is 0.270 e. The van der Waals surface area contributed by atoms with Gasteiger partial charge in [-0.1, -0.05) is 6.92 Å². The zero-order valence-corrected chi connectivity index (χ0v) is 15.2. The van der Waals surface area contributed by atoms with E-state index >= 15 is 0 Å². The highest BCUT2D eigenvalue weighted by Crippen LogP contribution is 2.36. The van der Waals surface area contributed by atoms with Crippen molar-refractivity contribution in [1.29, 1.82) is 0 Å². The van der Waals surface area contributed by atoms with Gasteiger partial charge in [-0.05, 0) is 31.5 Å². The first kappa shape index (κ1) is 17.2. The Kier molecular flexibility index (Phi) is 4.54. The normalized spacial score (nSPS) is 23.2. The summed E-state index contributed by atoms with van der Waals surface area (Å²) in [5, 5.41) is 18.5. The number of likely N-dealkylation sites (tertiary alicyclic amines) is 1. The van der Waals surface area contributed by atoms with Crippen molar-refractivity contribution >= 4 is 5.91 Å². The fourth-order valence-corrected chi connectivity index (χ4v) is 3.74. The quantitative estimate of drug-likeness (QED) is 0.834. The van der Waals surface area contributed by atoms with E-state index in [9.17, 15) is 9.90 Å². The van der Waals surface area contributed by atoms with E-state index in [0.717, 1.165) is 25.1 Å². The standard InChI is InChI=1S/C18H25N5O3/c1-3-21(11-17-20-19-12(2)26-17)15-9-22(10-16(15)24)18(25)14-5-4-8-23(14)13-6-7-13/h4-5,8,13,15-16,24H,3,6-7,9-11H2,1-2H3/t15-,16-/m1/s1. The molecule has 1 amide bonds. The van der Waals surface area contributed by atoms with Crippen molar-refractivity contribution in [2.75, 3.05) is 19.6 Å². The van der Waals surface area contributed by atoms with E-state index < -0.39 is 6.10 Å². The smallest absolute Gasteiger partial charge is 0.270 e. The minimum absolute atomic E-state index is 0.00635. The van der Waals surface area contributed by atoms with Crippen LogP contribution in [0.5, 0.6) is 0 Å². The summed E-state index contributed by atoms with van der Waals surface area (Å²) in [5.41, 5.74) is 0.718. The van der Waals surface area contributed by atoms with Crippen molar-refractivity contribution in [2.45, 2.75) is 51.4 Å². The molecular formula is C18H25N5O3. The molecule has 1 saturated heterocycles. The molecule has 0 aromatic carbocycles. The second-order valence-electron chi connectivity index (χ2n) is 7.15. The lowest BCUT2D eigenvalue weighted by molar-refractivity contribution is 0.0738. The molecule has 2 aromatic rings. The van der Waals surface area contributed by atoms with E-state index in [4.69, 9.17) is 4.42 Å². The minimum atomic E-state index is -0.591. The molecule has 0 unspecified atom stereocenters. The van der Waals surface area contributed by atoms with Gasteiger partial charge < -0.3 is 19.0 Å². The molecule has 0 spiro atoms. The molecule has 3 heterocycles. The lowest BCUT2D eigenvalue weighted by atomic mass is 10.2. The number of aromatic nitrogens is 3. The van der Waals surface area contributed by atoms with Crippen molar-refractivity contribution in [1.82, 2.24) is 24.6 Å². The van der Waals surface area contributed by atoms with Crippen LogP contribution in [0.15, 0.2) is 22.7 Å². The van der Waals surface area contributed by atoms with Crippen molar-refractivity contribution < 1.29 is 14.3 Å². The Morgan fingerprint density at radius 2 is 2.19 bits per heavy atom. The average molecular weight is 359 g/mol. The van der Waals surface area contributed by atoms with Crippen molar-refractivity contribution in [3.05, 3.63) is 35.8 Å². The summed E-state index contributed by atoms with van der Waals surface area (Å²) in [5.74, 6) is 1.05. The SMILES string of the molecule is CCN(Cc1nnc(C)o1)[C@@H]1CN(C(=O)c2cccn2C2CC2)C[C@H]1O. The number of carbonyl (C=O) groups excluding carboxylic acids is 1. The predicted octanol–water partition coefficient (Wildman–Crippen LogP) is 1.22. The van der Waals surface area contributed by atoms with Gasteiger partial charge in [-0.25, -0.2) is 0 Å². The zero-order chi connectivity index (χ0) is 18.3. The van der Waals surface area contributed by atoms with Crippen LogP contribution in [0.4, 0.5) is 0 Å². The number of nitrogens with zero attached hydrogens (tertiary/aromatic N) is 5. The van der Waals surface area contributed by atoms with Gasteiger partial charge in [0.15, 0.2) is 0 Å². The Morgan fingerprint density at radius 3 is 2.85 bits per heavy atom. The highest BCUT2D eigenvalue weighted by molar-refractivity contribution is 5.93. The number of rotatable bonds is 6. The first-order valence-corrected chi connectivity index (χ1v) is 9.24. The van der Waals surface area contributed by atoms with Crippen molar-refractivity contribution in [3.8, 4) is 0 Å². The number of aliphatic hydroxyl groups excluding tert-OH is 1. The molecule has 0 bridgehead atoms. The summed E-state index contributed by atoms with van der Waals surface area (Å²) in [7, 11) is 0. The summed E-state index contributed by atoms with van der Waals surface area (Å²) in [4.78, 5) is 16.8. The highest BCUT2D eigenvalue weighted by Gasteiger charge is 2.39. The highest BCUT2D eigenvalue weighted by atomic mass is 16.4. The molecule has 8 nitrogen and oxygen atoms in total. The van der Waals surface area contributed by atoms with Crippen LogP contribution in [-0.2, 0) is 6.54 Å². The second kappa shape index (κ2) is 6.85. The number of β-amino-alcohol motifs (C(OH)–C–C–N with tert-alkyl or cyclic N) is 1. The lowest BCUT2D eigenvalue weighted by Crippen LogP contribution is -2.43. The third-order valence-corrected chi connectivity index (χ3v) is 5.27. The molecule has 2 fully saturated rings. The third kappa shape index (κ3) is 3.26. The van der Waals surface area contributed by atoms with Gasteiger partial charge in [0.05, 0.1) is 18.7 Å². The fraction of sp³-hybridized carbons (Fsp3) is 0.611. The Hall–Kier alpha value is -2.19. The van der Waals surface area contributed by atoms with E-state index in [1.165, 1.54) is 0 Å². The van der Waals surface area contributed by atoms with Crippen LogP contribution in [-0.4, -0.2) is 67.4 Å². The van der Waals surface area contributed by atoms with Crippen LogP contribution in [0, 0.1) is 6.92 Å². The van der Waals surface area contributed by atoms with Crippen LogP contribution < -0.4 is 0 Å². The summed E-state index contributed by atoms with van der Waals surface area (Å²) < 4.78 is 7.53. The van der Waals surface area contributed by atoms with Gasteiger partial charge in [-0.3, -0.25) is 9.69 Å². The van der Waals surface area contributed by atoms with Crippen LogP contribution in [0.2, 0.25) is 0 Å². The van der Waals surface area contributed by atoms with Gasteiger partial charge in [0.2, 0.25) is 11.8 Å². The number of carbonyl (C=O) groups is 1. The number of likely N-dealkylation sites (N-methyl/N-ethyl adjacent to an activating group) is 1. The monoisotopic (exact) mass is 359 g/mol. The van der Waals surface area contributed by atoms with E-state index in [1.54, 1.807) is 11.8 Å². The van der Waals surface area contributed by atoms with E-state index in [2.05, 4.69) is 19.7 Å². The lowest BCUT2D eigenvalue weighted by Gasteiger charge is -2.27. The number of aliphatic hydroxyl groups is 1. The van der Waals surface area contributed by atoms with Gasteiger partial charge >= 0.3 is 0 Å². The molecule has 2 aromatic heterocycles. The Bertz CT molecular complexity index is 781. The van der Waals surface area contributed by atoms with Gasteiger partial charge in [-0.2, -0.15) is 0 Å². The van der Waals surface area contributed by atoms with E-state index in [1.807, 2.05) is 25.3 Å². The Balaban J connectivity index is 1.46. The summed E-state index contributed by atoms with van der Waals surface area (Å²) in [6.07, 6.45) is 3.65. The number of amides is 1. The topological polar surface area (TPSA) is 87.6 Å². The van der Waals surface area contributed by atoms with Crippen molar-refractivity contribution in [3.63, 3.8) is 0 Å². The molecule has 1 N–H and O–H groups in total. The molecule has 26 heavy (non-hydrogen) atoms.